The maximum atomic E-state index is 6.52. The fraction of sp³-hybridized carbons (Fsp3) is 0.538. The molecule has 0 saturated heterocycles. The molecule has 2 rings (SSSR count). The third-order valence-corrected chi connectivity index (χ3v) is 3.67. The average molecular weight is 189 g/mol. The minimum absolute atomic E-state index is 0.0699. The molecule has 1 saturated carbocycles. The fourth-order valence-electron chi connectivity index (χ4n) is 2.55. The van der Waals surface area contributed by atoms with Crippen molar-refractivity contribution in [2.24, 2.45) is 11.7 Å². The van der Waals surface area contributed by atoms with Crippen LogP contribution in [0.3, 0.4) is 0 Å². The molecular formula is C13H19N. The van der Waals surface area contributed by atoms with E-state index < -0.39 is 0 Å². The second kappa shape index (κ2) is 3.74. The summed E-state index contributed by atoms with van der Waals surface area (Å²) in [6, 6.07) is 10.6. The molecule has 1 heteroatoms. The Morgan fingerprint density at radius 2 is 1.93 bits per heavy atom. The van der Waals surface area contributed by atoms with E-state index in [0.717, 1.165) is 6.42 Å². The van der Waals surface area contributed by atoms with Gasteiger partial charge in [-0.2, -0.15) is 0 Å². The molecule has 14 heavy (non-hydrogen) atoms. The Kier molecular flexibility index (Phi) is 2.60. The molecule has 0 aliphatic heterocycles. The summed E-state index contributed by atoms with van der Waals surface area (Å²) in [6.07, 6.45) is 5.02. The Morgan fingerprint density at radius 1 is 1.21 bits per heavy atom. The number of nitrogens with two attached hydrogens (primary N) is 1. The van der Waals surface area contributed by atoms with Crippen molar-refractivity contribution in [3.63, 3.8) is 0 Å². The summed E-state index contributed by atoms with van der Waals surface area (Å²) in [6.45, 7) is 2.28. The molecule has 0 aromatic heterocycles. The lowest BCUT2D eigenvalue weighted by molar-refractivity contribution is 0.207. The van der Waals surface area contributed by atoms with E-state index in [4.69, 9.17) is 5.73 Å². The Labute approximate surface area is 86.3 Å². The van der Waals surface area contributed by atoms with Gasteiger partial charge in [0.05, 0.1) is 0 Å². The second-order valence-corrected chi connectivity index (χ2v) is 4.55. The predicted octanol–water partition coefficient (Wildman–Crippen LogP) is 3.05. The van der Waals surface area contributed by atoms with Gasteiger partial charge >= 0.3 is 0 Å². The number of benzene rings is 1. The predicted molar refractivity (Wildman–Crippen MR) is 59.9 cm³/mol. The monoisotopic (exact) mass is 189 g/mol. The van der Waals surface area contributed by atoms with Crippen LogP contribution >= 0.6 is 0 Å². The Morgan fingerprint density at radius 3 is 2.57 bits per heavy atom. The van der Waals surface area contributed by atoms with Crippen molar-refractivity contribution >= 4 is 0 Å². The molecule has 2 atom stereocenters. The third kappa shape index (κ3) is 1.57. The molecule has 0 unspecified atom stereocenters. The van der Waals surface area contributed by atoms with Crippen molar-refractivity contribution in [1.29, 1.82) is 0 Å². The highest BCUT2D eigenvalue weighted by Crippen LogP contribution is 2.38. The Bertz CT molecular complexity index is 293. The highest BCUT2D eigenvalue weighted by Gasteiger charge is 2.35. The molecule has 1 aliphatic carbocycles. The number of rotatable bonds is 1. The minimum Gasteiger partial charge on any atom is -0.321 e. The van der Waals surface area contributed by atoms with Crippen LogP contribution < -0.4 is 5.73 Å². The largest absolute Gasteiger partial charge is 0.321 e. The topological polar surface area (TPSA) is 26.0 Å². The van der Waals surface area contributed by atoms with Crippen molar-refractivity contribution in [1.82, 2.24) is 0 Å². The molecule has 76 valence electrons. The smallest absolute Gasteiger partial charge is 0.0435 e. The lowest BCUT2D eigenvalue weighted by Gasteiger charge is -2.40. The van der Waals surface area contributed by atoms with Gasteiger partial charge in [0.2, 0.25) is 0 Å². The van der Waals surface area contributed by atoms with Crippen LogP contribution in [-0.2, 0) is 5.54 Å². The maximum absolute atomic E-state index is 6.52. The molecule has 0 spiro atoms. The van der Waals surface area contributed by atoms with Crippen molar-refractivity contribution in [2.45, 2.75) is 38.1 Å². The van der Waals surface area contributed by atoms with Gasteiger partial charge in [0.25, 0.3) is 0 Å². The first-order chi connectivity index (χ1) is 6.73. The van der Waals surface area contributed by atoms with Crippen LogP contribution in [0, 0.1) is 5.92 Å². The van der Waals surface area contributed by atoms with Crippen LogP contribution in [0.5, 0.6) is 0 Å². The van der Waals surface area contributed by atoms with E-state index in [1.807, 2.05) is 0 Å². The summed E-state index contributed by atoms with van der Waals surface area (Å²) in [5, 5.41) is 0. The fourth-order valence-corrected chi connectivity index (χ4v) is 2.55. The van der Waals surface area contributed by atoms with Crippen LogP contribution in [0.4, 0.5) is 0 Å². The molecule has 0 amide bonds. The Hall–Kier alpha value is -0.820. The quantitative estimate of drug-likeness (QED) is 0.722. The zero-order chi connectivity index (χ0) is 10.0. The molecule has 1 fully saturated rings. The zero-order valence-corrected chi connectivity index (χ0v) is 8.87. The summed E-state index contributed by atoms with van der Waals surface area (Å²) >= 11 is 0. The molecule has 0 heterocycles. The van der Waals surface area contributed by atoms with Crippen LogP contribution in [0.25, 0.3) is 0 Å². The van der Waals surface area contributed by atoms with Crippen molar-refractivity contribution in [3.05, 3.63) is 35.9 Å². The van der Waals surface area contributed by atoms with Gasteiger partial charge < -0.3 is 5.73 Å². The van der Waals surface area contributed by atoms with E-state index in [1.165, 1.54) is 24.8 Å². The van der Waals surface area contributed by atoms with E-state index in [9.17, 15) is 0 Å². The molecule has 0 radical (unpaired) electrons. The molecule has 1 aromatic carbocycles. The van der Waals surface area contributed by atoms with Gasteiger partial charge in [-0.1, -0.05) is 50.1 Å². The van der Waals surface area contributed by atoms with Gasteiger partial charge in [0, 0.05) is 5.54 Å². The zero-order valence-electron chi connectivity index (χ0n) is 8.87. The summed E-state index contributed by atoms with van der Waals surface area (Å²) in [5.41, 5.74) is 7.77. The van der Waals surface area contributed by atoms with Crippen molar-refractivity contribution in [3.8, 4) is 0 Å². The molecule has 1 aliphatic rings. The van der Waals surface area contributed by atoms with Crippen molar-refractivity contribution < 1.29 is 0 Å². The second-order valence-electron chi connectivity index (χ2n) is 4.55. The Balaban J connectivity index is 2.30. The van der Waals surface area contributed by atoms with E-state index >= 15 is 0 Å². The average Bonchev–Trinajstić information content (AvgIpc) is 2.24. The molecule has 2 N–H and O–H groups in total. The standard InChI is InChI=1S/C13H19N/c1-11-7-5-6-10-13(11,14)12-8-3-2-4-9-12/h2-4,8-9,11H,5-7,10,14H2,1H3/t11-,13+/m0/s1. The van der Waals surface area contributed by atoms with E-state index in [0.29, 0.717) is 5.92 Å². The molecule has 0 bridgehead atoms. The first kappa shape index (κ1) is 9.72. The summed E-state index contributed by atoms with van der Waals surface area (Å²) in [4.78, 5) is 0. The minimum atomic E-state index is -0.0699. The first-order valence-corrected chi connectivity index (χ1v) is 5.58. The summed E-state index contributed by atoms with van der Waals surface area (Å²) in [5.74, 6) is 0.610. The summed E-state index contributed by atoms with van der Waals surface area (Å²) in [7, 11) is 0. The van der Waals surface area contributed by atoms with Gasteiger partial charge in [-0.3, -0.25) is 0 Å². The van der Waals surface area contributed by atoms with Gasteiger partial charge in [0.15, 0.2) is 0 Å². The van der Waals surface area contributed by atoms with E-state index in [1.54, 1.807) is 0 Å². The van der Waals surface area contributed by atoms with Gasteiger partial charge in [-0.25, -0.2) is 0 Å². The third-order valence-electron chi connectivity index (χ3n) is 3.67. The van der Waals surface area contributed by atoms with Gasteiger partial charge in [-0.15, -0.1) is 0 Å². The van der Waals surface area contributed by atoms with Gasteiger partial charge in [0.1, 0.15) is 0 Å². The van der Waals surface area contributed by atoms with Crippen LogP contribution in [0.2, 0.25) is 0 Å². The molecule has 1 aromatic rings. The number of hydrogen-bond acceptors (Lipinski definition) is 1. The van der Waals surface area contributed by atoms with Gasteiger partial charge in [-0.05, 0) is 24.3 Å². The number of hydrogen-bond donors (Lipinski definition) is 1. The SMILES string of the molecule is C[C@H]1CCCC[C@]1(N)c1ccccc1. The maximum Gasteiger partial charge on any atom is 0.0435 e. The summed E-state index contributed by atoms with van der Waals surface area (Å²) < 4.78 is 0. The van der Waals surface area contributed by atoms with E-state index in [-0.39, 0.29) is 5.54 Å². The molecular weight excluding hydrogens is 170 g/mol. The van der Waals surface area contributed by atoms with Crippen molar-refractivity contribution in [2.75, 3.05) is 0 Å². The highest BCUT2D eigenvalue weighted by atomic mass is 14.8. The first-order valence-electron chi connectivity index (χ1n) is 5.58. The molecule has 1 nitrogen and oxygen atoms in total. The van der Waals surface area contributed by atoms with Crippen LogP contribution in [0.15, 0.2) is 30.3 Å². The van der Waals surface area contributed by atoms with E-state index in [2.05, 4.69) is 37.3 Å². The van der Waals surface area contributed by atoms with Crippen LogP contribution in [0.1, 0.15) is 38.2 Å². The normalized spacial score (nSPS) is 32.9. The lowest BCUT2D eigenvalue weighted by Crippen LogP contribution is -2.45. The van der Waals surface area contributed by atoms with Crippen LogP contribution in [-0.4, -0.2) is 0 Å². The highest BCUT2D eigenvalue weighted by molar-refractivity contribution is 5.25. The lowest BCUT2D eigenvalue weighted by atomic mass is 9.70.